The van der Waals surface area contributed by atoms with Crippen LogP contribution < -0.4 is 5.76 Å². The Labute approximate surface area is 126 Å². The number of benzene rings is 1. The van der Waals surface area contributed by atoms with Gasteiger partial charge in [0.05, 0.1) is 24.8 Å². The van der Waals surface area contributed by atoms with E-state index < -0.39 is 17.7 Å². The summed E-state index contributed by atoms with van der Waals surface area (Å²) in [6.45, 7) is 2.08. The summed E-state index contributed by atoms with van der Waals surface area (Å²) in [5.74, 6) is -1.71. The van der Waals surface area contributed by atoms with Crippen molar-refractivity contribution in [2.75, 3.05) is 13.7 Å². The van der Waals surface area contributed by atoms with E-state index in [-0.39, 0.29) is 17.7 Å². The Hall–Kier alpha value is -2.57. The predicted octanol–water partition coefficient (Wildman–Crippen LogP) is 1.72. The van der Waals surface area contributed by atoms with Crippen molar-refractivity contribution in [3.05, 3.63) is 34.3 Å². The number of hydrogen-bond donors (Lipinski definition) is 0. The van der Waals surface area contributed by atoms with Crippen LogP contribution in [0.2, 0.25) is 0 Å². The maximum Gasteiger partial charge on any atom is 0.420 e. The number of esters is 2. The molecule has 0 spiro atoms. The Kier molecular flexibility index (Phi) is 4.98. The van der Waals surface area contributed by atoms with Crippen molar-refractivity contribution >= 4 is 23.0 Å². The largest absolute Gasteiger partial charge is 0.465 e. The summed E-state index contributed by atoms with van der Waals surface area (Å²) in [4.78, 5) is 35.0. The van der Waals surface area contributed by atoms with Crippen LogP contribution in [-0.4, -0.2) is 30.2 Å². The number of aromatic nitrogens is 1. The highest BCUT2D eigenvalue weighted by Gasteiger charge is 2.15. The standard InChI is InChI=1S/C15H17NO6/c1-3-4-7-21-13(17)9-16-11-6-5-10(14(18)20-2)8-12(11)22-15(16)19/h5-6,8H,3-4,7,9H2,1-2H3. The molecule has 22 heavy (non-hydrogen) atoms. The second-order valence-corrected chi connectivity index (χ2v) is 4.70. The molecule has 2 aromatic rings. The lowest BCUT2D eigenvalue weighted by atomic mass is 10.2. The monoisotopic (exact) mass is 307 g/mol. The second-order valence-electron chi connectivity index (χ2n) is 4.70. The molecule has 7 nitrogen and oxygen atoms in total. The number of oxazole rings is 1. The van der Waals surface area contributed by atoms with Crippen molar-refractivity contribution < 1.29 is 23.5 Å². The minimum Gasteiger partial charge on any atom is -0.465 e. The number of nitrogens with zero attached hydrogens (tertiary/aromatic N) is 1. The Bertz CT molecular complexity index is 742. The SMILES string of the molecule is CCCCOC(=O)Cn1c(=O)oc2cc(C(=O)OC)ccc21. The van der Waals surface area contributed by atoms with Gasteiger partial charge >= 0.3 is 17.7 Å². The molecular weight excluding hydrogens is 290 g/mol. The van der Waals surface area contributed by atoms with Crippen LogP contribution in [0.15, 0.2) is 27.4 Å². The number of carbonyl (C=O) groups excluding carboxylic acids is 2. The van der Waals surface area contributed by atoms with Crippen LogP contribution in [-0.2, 0) is 20.8 Å². The third-order valence-corrected chi connectivity index (χ3v) is 3.14. The molecule has 0 bridgehead atoms. The summed E-state index contributed by atoms with van der Waals surface area (Å²) >= 11 is 0. The van der Waals surface area contributed by atoms with Gasteiger partial charge in [-0.2, -0.15) is 0 Å². The highest BCUT2D eigenvalue weighted by atomic mass is 16.5. The molecule has 0 fully saturated rings. The van der Waals surface area contributed by atoms with Crippen molar-refractivity contribution in [1.29, 1.82) is 0 Å². The molecular formula is C15H17NO6. The van der Waals surface area contributed by atoms with E-state index >= 15 is 0 Å². The summed E-state index contributed by atoms with van der Waals surface area (Å²) in [5.41, 5.74) is 0.903. The summed E-state index contributed by atoms with van der Waals surface area (Å²) in [6, 6.07) is 4.44. The van der Waals surface area contributed by atoms with E-state index in [4.69, 9.17) is 9.15 Å². The van der Waals surface area contributed by atoms with E-state index in [2.05, 4.69) is 4.74 Å². The van der Waals surface area contributed by atoms with Gasteiger partial charge in [0.2, 0.25) is 0 Å². The Morgan fingerprint density at radius 3 is 2.77 bits per heavy atom. The topological polar surface area (TPSA) is 87.7 Å². The number of fused-ring (bicyclic) bond motifs is 1. The minimum atomic E-state index is -0.676. The highest BCUT2D eigenvalue weighted by Crippen LogP contribution is 2.16. The fourth-order valence-corrected chi connectivity index (χ4v) is 1.97. The maximum absolute atomic E-state index is 11.8. The van der Waals surface area contributed by atoms with Gasteiger partial charge < -0.3 is 13.9 Å². The van der Waals surface area contributed by atoms with E-state index in [0.29, 0.717) is 12.1 Å². The fourth-order valence-electron chi connectivity index (χ4n) is 1.97. The van der Waals surface area contributed by atoms with E-state index in [1.54, 1.807) is 0 Å². The fraction of sp³-hybridized carbons (Fsp3) is 0.400. The molecule has 0 N–H and O–H groups in total. The van der Waals surface area contributed by atoms with Crippen LogP contribution in [0, 0.1) is 0 Å². The van der Waals surface area contributed by atoms with Gasteiger partial charge in [-0.15, -0.1) is 0 Å². The molecule has 2 rings (SSSR count). The van der Waals surface area contributed by atoms with Gasteiger partial charge in [-0.1, -0.05) is 13.3 Å². The third-order valence-electron chi connectivity index (χ3n) is 3.14. The molecule has 1 aromatic heterocycles. The molecule has 0 aliphatic heterocycles. The van der Waals surface area contributed by atoms with E-state index in [1.165, 1.54) is 29.9 Å². The number of unbranched alkanes of at least 4 members (excludes halogenated alkanes) is 1. The summed E-state index contributed by atoms with van der Waals surface area (Å²) in [6.07, 6.45) is 1.69. The zero-order valence-electron chi connectivity index (χ0n) is 12.5. The average molecular weight is 307 g/mol. The molecule has 0 saturated carbocycles. The lowest BCUT2D eigenvalue weighted by Crippen LogP contribution is -2.21. The first-order valence-corrected chi connectivity index (χ1v) is 6.94. The third kappa shape index (κ3) is 3.36. The van der Waals surface area contributed by atoms with Gasteiger partial charge in [0.15, 0.2) is 5.58 Å². The molecule has 0 saturated heterocycles. The molecule has 118 valence electrons. The first-order chi connectivity index (χ1) is 10.6. The van der Waals surface area contributed by atoms with E-state index in [9.17, 15) is 14.4 Å². The Morgan fingerprint density at radius 1 is 1.32 bits per heavy atom. The van der Waals surface area contributed by atoms with Gasteiger partial charge in [0, 0.05) is 0 Å². The predicted molar refractivity (Wildman–Crippen MR) is 77.7 cm³/mol. The van der Waals surface area contributed by atoms with Crippen LogP contribution in [0.3, 0.4) is 0 Å². The van der Waals surface area contributed by atoms with Crippen molar-refractivity contribution in [3.8, 4) is 0 Å². The maximum atomic E-state index is 11.8. The molecule has 0 unspecified atom stereocenters. The van der Waals surface area contributed by atoms with Gasteiger partial charge in [0.1, 0.15) is 6.54 Å². The lowest BCUT2D eigenvalue weighted by molar-refractivity contribution is -0.144. The average Bonchev–Trinajstić information content (AvgIpc) is 2.82. The zero-order chi connectivity index (χ0) is 16.1. The van der Waals surface area contributed by atoms with E-state index in [0.717, 1.165) is 12.8 Å². The van der Waals surface area contributed by atoms with Crippen LogP contribution in [0.25, 0.3) is 11.1 Å². The molecule has 0 aliphatic carbocycles. The molecule has 1 heterocycles. The number of ether oxygens (including phenoxy) is 2. The molecule has 0 radical (unpaired) electrons. The van der Waals surface area contributed by atoms with Gasteiger partial charge in [0.25, 0.3) is 0 Å². The number of rotatable bonds is 6. The zero-order valence-corrected chi connectivity index (χ0v) is 12.5. The quantitative estimate of drug-likeness (QED) is 0.596. The van der Waals surface area contributed by atoms with Crippen LogP contribution in [0.4, 0.5) is 0 Å². The van der Waals surface area contributed by atoms with E-state index in [1.807, 2.05) is 6.92 Å². The molecule has 0 amide bonds. The Morgan fingerprint density at radius 2 is 2.09 bits per heavy atom. The minimum absolute atomic E-state index is 0.217. The molecule has 7 heteroatoms. The molecule has 0 aliphatic rings. The van der Waals surface area contributed by atoms with Crippen molar-refractivity contribution in [3.63, 3.8) is 0 Å². The number of carbonyl (C=O) groups is 2. The highest BCUT2D eigenvalue weighted by molar-refractivity contribution is 5.93. The van der Waals surface area contributed by atoms with Gasteiger partial charge in [-0.05, 0) is 24.6 Å². The molecule has 1 aromatic carbocycles. The van der Waals surface area contributed by atoms with Crippen LogP contribution >= 0.6 is 0 Å². The van der Waals surface area contributed by atoms with Crippen molar-refractivity contribution in [1.82, 2.24) is 4.57 Å². The second kappa shape index (κ2) is 6.93. The van der Waals surface area contributed by atoms with Crippen LogP contribution in [0.5, 0.6) is 0 Å². The summed E-state index contributed by atoms with van der Waals surface area (Å²) in [5, 5.41) is 0. The van der Waals surface area contributed by atoms with Crippen molar-refractivity contribution in [2.24, 2.45) is 0 Å². The van der Waals surface area contributed by atoms with Crippen LogP contribution in [0.1, 0.15) is 30.1 Å². The first kappa shape index (κ1) is 15.8. The number of methoxy groups -OCH3 is 1. The first-order valence-electron chi connectivity index (χ1n) is 6.94. The summed E-state index contributed by atoms with van der Waals surface area (Å²) in [7, 11) is 1.26. The van der Waals surface area contributed by atoms with Gasteiger partial charge in [-0.25, -0.2) is 9.59 Å². The normalized spacial score (nSPS) is 10.6. The van der Waals surface area contributed by atoms with Gasteiger partial charge in [-0.3, -0.25) is 9.36 Å². The number of hydrogen-bond acceptors (Lipinski definition) is 6. The Balaban J connectivity index is 2.24. The van der Waals surface area contributed by atoms with Crippen molar-refractivity contribution in [2.45, 2.75) is 26.3 Å². The smallest absolute Gasteiger partial charge is 0.420 e. The lowest BCUT2D eigenvalue weighted by Gasteiger charge is -2.04. The molecule has 0 atom stereocenters. The summed E-state index contributed by atoms with van der Waals surface area (Å²) < 4.78 is 15.9.